The van der Waals surface area contributed by atoms with Crippen LogP contribution in [-0.2, 0) is 5.75 Å². The van der Waals surface area contributed by atoms with Crippen LogP contribution in [0.15, 0.2) is 22.8 Å². The molecule has 1 aromatic rings. The van der Waals surface area contributed by atoms with Gasteiger partial charge in [0.05, 0.1) is 5.69 Å². The Bertz CT molecular complexity index is 297. The lowest BCUT2D eigenvalue weighted by atomic mass is 10.4. The van der Waals surface area contributed by atoms with E-state index in [2.05, 4.69) is 44.8 Å². The average molecular weight is 272 g/mol. The summed E-state index contributed by atoms with van der Waals surface area (Å²) in [7, 11) is 0. The summed E-state index contributed by atoms with van der Waals surface area (Å²) in [6.07, 6.45) is 5.64. The molecule has 1 heterocycles. The number of pyridine rings is 1. The Balaban J connectivity index is 1.85. The fourth-order valence-corrected chi connectivity index (χ4v) is 3.40. The maximum Gasteiger partial charge on any atom is 0.106 e. The quantitative estimate of drug-likeness (QED) is 0.771. The standard InChI is InChI=1S/C11H14BrNS/c12-11-7-3-4-9(13-11)8-14-10-5-1-2-6-10/h3-4,7,10H,1-2,5-6,8H2. The number of halogens is 1. The van der Waals surface area contributed by atoms with Crippen molar-refractivity contribution in [3.05, 3.63) is 28.5 Å². The number of nitrogens with zero attached hydrogens (tertiary/aromatic N) is 1. The number of hydrogen-bond donors (Lipinski definition) is 0. The fourth-order valence-electron chi connectivity index (χ4n) is 1.79. The molecule has 3 heteroatoms. The number of rotatable bonds is 3. The first kappa shape index (κ1) is 10.5. The molecule has 1 fully saturated rings. The largest absolute Gasteiger partial charge is 0.245 e. The molecule has 0 aromatic carbocycles. The topological polar surface area (TPSA) is 12.9 Å². The zero-order valence-electron chi connectivity index (χ0n) is 8.08. The van der Waals surface area contributed by atoms with Crippen molar-refractivity contribution in [2.75, 3.05) is 0 Å². The Kier molecular flexibility index (Phi) is 3.88. The molecule has 14 heavy (non-hydrogen) atoms. The highest BCUT2D eigenvalue weighted by Crippen LogP contribution is 2.31. The van der Waals surface area contributed by atoms with Crippen molar-refractivity contribution in [3.63, 3.8) is 0 Å². The third-order valence-electron chi connectivity index (χ3n) is 2.54. The molecule has 1 saturated carbocycles. The van der Waals surface area contributed by atoms with Crippen LogP contribution in [-0.4, -0.2) is 10.2 Å². The van der Waals surface area contributed by atoms with Gasteiger partial charge in [-0.25, -0.2) is 4.98 Å². The summed E-state index contributed by atoms with van der Waals surface area (Å²) in [5.74, 6) is 1.06. The molecule has 1 aliphatic carbocycles. The molecule has 76 valence electrons. The van der Waals surface area contributed by atoms with E-state index in [4.69, 9.17) is 0 Å². The van der Waals surface area contributed by atoms with Crippen molar-refractivity contribution in [2.24, 2.45) is 0 Å². The summed E-state index contributed by atoms with van der Waals surface area (Å²) in [5, 5.41) is 0.885. The van der Waals surface area contributed by atoms with Crippen molar-refractivity contribution in [1.82, 2.24) is 4.98 Å². The van der Waals surface area contributed by atoms with E-state index in [0.29, 0.717) is 0 Å². The van der Waals surface area contributed by atoms with Gasteiger partial charge in [0.2, 0.25) is 0 Å². The lowest BCUT2D eigenvalue weighted by Crippen LogP contribution is -1.96. The molecule has 0 amide bonds. The summed E-state index contributed by atoms with van der Waals surface area (Å²) >= 11 is 5.46. The first-order valence-electron chi connectivity index (χ1n) is 5.07. The molecule has 0 bridgehead atoms. The zero-order chi connectivity index (χ0) is 9.80. The second kappa shape index (κ2) is 5.17. The van der Waals surface area contributed by atoms with Gasteiger partial charge in [-0.1, -0.05) is 18.9 Å². The molecular weight excluding hydrogens is 258 g/mol. The van der Waals surface area contributed by atoms with E-state index in [-0.39, 0.29) is 0 Å². The van der Waals surface area contributed by atoms with Crippen LogP contribution in [0.4, 0.5) is 0 Å². The van der Waals surface area contributed by atoms with E-state index in [9.17, 15) is 0 Å². The highest BCUT2D eigenvalue weighted by atomic mass is 79.9. The molecular formula is C11H14BrNS. The predicted molar refractivity (Wildman–Crippen MR) is 65.5 cm³/mol. The maximum atomic E-state index is 4.43. The van der Waals surface area contributed by atoms with Crippen molar-refractivity contribution >= 4 is 27.7 Å². The van der Waals surface area contributed by atoms with E-state index in [1.807, 2.05) is 6.07 Å². The van der Waals surface area contributed by atoms with Crippen molar-refractivity contribution < 1.29 is 0 Å². The molecule has 0 atom stereocenters. The Morgan fingerprint density at radius 2 is 2.14 bits per heavy atom. The first-order valence-corrected chi connectivity index (χ1v) is 6.92. The normalized spacial score (nSPS) is 17.5. The number of thioether (sulfide) groups is 1. The maximum absolute atomic E-state index is 4.43. The monoisotopic (exact) mass is 271 g/mol. The van der Waals surface area contributed by atoms with E-state index in [1.54, 1.807) is 0 Å². The van der Waals surface area contributed by atoms with Crippen LogP contribution in [0.3, 0.4) is 0 Å². The molecule has 0 saturated heterocycles. The minimum atomic E-state index is 0.885. The van der Waals surface area contributed by atoms with Crippen LogP contribution < -0.4 is 0 Å². The first-order chi connectivity index (χ1) is 6.84. The molecule has 0 aliphatic heterocycles. The van der Waals surface area contributed by atoms with Crippen LogP contribution >= 0.6 is 27.7 Å². The second-order valence-corrected chi connectivity index (χ2v) is 5.77. The second-order valence-electron chi connectivity index (χ2n) is 3.67. The van der Waals surface area contributed by atoms with E-state index in [1.165, 1.54) is 31.4 Å². The van der Waals surface area contributed by atoms with Crippen LogP contribution in [0.2, 0.25) is 0 Å². The molecule has 0 spiro atoms. The van der Waals surface area contributed by atoms with E-state index < -0.39 is 0 Å². The van der Waals surface area contributed by atoms with Crippen molar-refractivity contribution in [1.29, 1.82) is 0 Å². The number of hydrogen-bond acceptors (Lipinski definition) is 2. The summed E-state index contributed by atoms with van der Waals surface area (Å²) < 4.78 is 0.946. The summed E-state index contributed by atoms with van der Waals surface area (Å²) in [6, 6.07) is 6.14. The van der Waals surface area contributed by atoms with Gasteiger partial charge in [-0.3, -0.25) is 0 Å². The summed E-state index contributed by atoms with van der Waals surface area (Å²) in [4.78, 5) is 4.43. The third kappa shape index (κ3) is 2.99. The van der Waals surface area contributed by atoms with Gasteiger partial charge in [0.1, 0.15) is 4.60 Å². The van der Waals surface area contributed by atoms with Gasteiger partial charge in [-0.15, -0.1) is 0 Å². The van der Waals surface area contributed by atoms with Gasteiger partial charge in [0.15, 0.2) is 0 Å². The summed E-state index contributed by atoms with van der Waals surface area (Å²) in [6.45, 7) is 0. The van der Waals surface area contributed by atoms with E-state index in [0.717, 1.165) is 15.6 Å². The average Bonchev–Trinajstić information content (AvgIpc) is 2.67. The molecule has 1 aliphatic rings. The minimum absolute atomic E-state index is 0.885. The van der Waals surface area contributed by atoms with Gasteiger partial charge in [0, 0.05) is 11.0 Å². The lowest BCUT2D eigenvalue weighted by Gasteiger charge is -2.07. The van der Waals surface area contributed by atoms with Crippen molar-refractivity contribution in [2.45, 2.75) is 36.7 Å². The Morgan fingerprint density at radius 1 is 1.36 bits per heavy atom. The van der Waals surface area contributed by atoms with E-state index >= 15 is 0 Å². The number of aromatic nitrogens is 1. The molecule has 1 aromatic heterocycles. The van der Waals surface area contributed by atoms with Crippen LogP contribution in [0.5, 0.6) is 0 Å². The predicted octanol–water partition coefficient (Wildman–Crippen LogP) is 4.02. The smallest absolute Gasteiger partial charge is 0.106 e. The Hall–Kier alpha value is -0.0200. The van der Waals surface area contributed by atoms with Crippen LogP contribution in [0.25, 0.3) is 0 Å². The highest BCUT2D eigenvalue weighted by molar-refractivity contribution is 9.10. The Morgan fingerprint density at radius 3 is 2.86 bits per heavy atom. The van der Waals surface area contributed by atoms with Crippen LogP contribution in [0, 0.1) is 0 Å². The molecule has 1 nitrogen and oxygen atoms in total. The van der Waals surface area contributed by atoms with Gasteiger partial charge in [-0.2, -0.15) is 11.8 Å². The highest BCUT2D eigenvalue weighted by Gasteiger charge is 2.15. The SMILES string of the molecule is Brc1cccc(CSC2CCCC2)n1. The fraction of sp³-hybridized carbons (Fsp3) is 0.545. The lowest BCUT2D eigenvalue weighted by molar-refractivity contribution is 0.886. The minimum Gasteiger partial charge on any atom is -0.245 e. The molecule has 0 unspecified atom stereocenters. The van der Waals surface area contributed by atoms with Gasteiger partial charge < -0.3 is 0 Å². The molecule has 0 N–H and O–H groups in total. The molecule has 2 rings (SSSR count). The van der Waals surface area contributed by atoms with Crippen molar-refractivity contribution in [3.8, 4) is 0 Å². The van der Waals surface area contributed by atoms with Gasteiger partial charge in [-0.05, 0) is 40.9 Å². The van der Waals surface area contributed by atoms with Crippen LogP contribution in [0.1, 0.15) is 31.4 Å². The van der Waals surface area contributed by atoms with Gasteiger partial charge in [0.25, 0.3) is 0 Å². The molecule has 0 radical (unpaired) electrons. The Labute approximate surface area is 97.8 Å². The summed E-state index contributed by atoms with van der Waals surface area (Å²) in [5.41, 5.74) is 1.19. The zero-order valence-corrected chi connectivity index (χ0v) is 10.5. The third-order valence-corrected chi connectivity index (χ3v) is 4.39. The van der Waals surface area contributed by atoms with Gasteiger partial charge >= 0.3 is 0 Å².